The monoisotopic (exact) mass is 285 g/mol. The number of aromatic nitrogens is 2. The standard InChI is InChI=1S/C12H16ClN3OS/c13-11-7-5-18-6-8(7)12(16-15-11)14-9-3-1-2-4-10(9)17/h9-10,17H,1-6H2,(H,14,16)/t9-,10-/m1/s1. The quantitative estimate of drug-likeness (QED) is 0.875. The van der Waals surface area contributed by atoms with Gasteiger partial charge in [-0.3, -0.25) is 0 Å². The molecule has 1 aromatic heterocycles. The number of nitrogens with one attached hydrogen (secondary N) is 1. The summed E-state index contributed by atoms with van der Waals surface area (Å²) in [5.74, 6) is 2.65. The molecule has 1 aliphatic heterocycles. The maximum atomic E-state index is 9.99. The molecule has 0 bridgehead atoms. The van der Waals surface area contributed by atoms with Crippen molar-refractivity contribution in [2.24, 2.45) is 0 Å². The molecule has 0 saturated heterocycles. The Kier molecular flexibility index (Phi) is 3.63. The minimum absolute atomic E-state index is 0.101. The van der Waals surface area contributed by atoms with Gasteiger partial charge in [0, 0.05) is 22.6 Å². The largest absolute Gasteiger partial charge is 0.391 e. The normalized spacial score (nSPS) is 27.0. The number of halogens is 1. The Morgan fingerprint density at radius 1 is 1.17 bits per heavy atom. The fourth-order valence-corrected chi connectivity index (χ4v) is 4.04. The lowest BCUT2D eigenvalue weighted by molar-refractivity contribution is 0.116. The van der Waals surface area contributed by atoms with Crippen LogP contribution in [0.1, 0.15) is 36.8 Å². The maximum Gasteiger partial charge on any atom is 0.156 e. The van der Waals surface area contributed by atoms with Gasteiger partial charge in [0.05, 0.1) is 12.1 Å². The molecule has 0 spiro atoms. The molecule has 4 nitrogen and oxygen atoms in total. The van der Waals surface area contributed by atoms with E-state index in [4.69, 9.17) is 11.6 Å². The molecule has 1 aliphatic carbocycles. The Morgan fingerprint density at radius 3 is 2.78 bits per heavy atom. The van der Waals surface area contributed by atoms with Crippen LogP contribution >= 0.6 is 23.4 Å². The summed E-state index contributed by atoms with van der Waals surface area (Å²) < 4.78 is 0. The molecule has 1 saturated carbocycles. The molecule has 1 fully saturated rings. The van der Waals surface area contributed by atoms with E-state index >= 15 is 0 Å². The molecule has 18 heavy (non-hydrogen) atoms. The average Bonchev–Trinajstić information content (AvgIpc) is 2.85. The summed E-state index contributed by atoms with van der Waals surface area (Å²) in [5.41, 5.74) is 2.27. The molecule has 2 N–H and O–H groups in total. The van der Waals surface area contributed by atoms with E-state index < -0.39 is 0 Å². The van der Waals surface area contributed by atoms with Crippen LogP contribution < -0.4 is 5.32 Å². The summed E-state index contributed by atoms with van der Waals surface area (Å²) >= 11 is 7.88. The highest BCUT2D eigenvalue weighted by Crippen LogP contribution is 2.37. The first-order chi connectivity index (χ1) is 8.75. The molecule has 6 heteroatoms. The Bertz CT molecular complexity index is 457. The Balaban J connectivity index is 1.83. The van der Waals surface area contributed by atoms with E-state index in [0.29, 0.717) is 5.15 Å². The van der Waals surface area contributed by atoms with Crippen molar-refractivity contribution in [2.45, 2.75) is 49.3 Å². The predicted octanol–water partition coefficient (Wildman–Crippen LogP) is 2.59. The van der Waals surface area contributed by atoms with Gasteiger partial charge in [-0.25, -0.2) is 0 Å². The van der Waals surface area contributed by atoms with Crippen molar-refractivity contribution in [3.05, 3.63) is 16.3 Å². The first-order valence-corrected chi connectivity index (χ1v) is 7.85. The highest BCUT2D eigenvalue weighted by molar-refractivity contribution is 7.98. The van der Waals surface area contributed by atoms with Crippen LogP contribution in [0.5, 0.6) is 0 Å². The average molecular weight is 286 g/mol. The van der Waals surface area contributed by atoms with Gasteiger partial charge in [-0.15, -0.1) is 10.2 Å². The lowest BCUT2D eigenvalue weighted by Gasteiger charge is -2.29. The zero-order valence-corrected chi connectivity index (χ0v) is 11.6. The van der Waals surface area contributed by atoms with Crippen molar-refractivity contribution >= 4 is 29.2 Å². The molecule has 0 aromatic carbocycles. The fourth-order valence-electron chi connectivity index (χ4n) is 2.61. The maximum absolute atomic E-state index is 9.99. The summed E-state index contributed by atoms with van der Waals surface area (Å²) in [6, 6.07) is 0.101. The summed E-state index contributed by atoms with van der Waals surface area (Å²) in [6.07, 6.45) is 3.86. The molecular formula is C12H16ClN3OS. The first kappa shape index (κ1) is 12.5. The van der Waals surface area contributed by atoms with E-state index in [-0.39, 0.29) is 12.1 Å². The summed E-state index contributed by atoms with van der Waals surface area (Å²) in [4.78, 5) is 0. The number of anilines is 1. The van der Waals surface area contributed by atoms with Crippen LogP contribution in [0.4, 0.5) is 5.82 Å². The van der Waals surface area contributed by atoms with E-state index in [1.807, 2.05) is 11.8 Å². The highest BCUT2D eigenvalue weighted by Gasteiger charge is 2.26. The highest BCUT2D eigenvalue weighted by atomic mass is 35.5. The van der Waals surface area contributed by atoms with Gasteiger partial charge in [0.1, 0.15) is 0 Å². The number of aliphatic hydroxyl groups excluding tert-OH is 1. The minimum Gasteiger partial charge on any atom is -0.391 e. The van der Waals surface area contributed by atoms with Crippen LogP contribution in [-0.4, -0.2) is 27.4 Å². The van der Waals surface area contributed by atoms with Crippen LogP contribution in [0.2, 0.25) is 5.15 Å². The van der Waals surface area contributed by atoms with Crippen molar-refractivity contribution in [1.82, 2.24) is 10.2 Å². The third-order valence-corrected chi connectivity index (χ3v) is 4.97. The number of aliphatic hydroxyl groups is 1. The molecule has 2 heterocycles. The van der Waals surface area contributed by atoms with Gasteiger partial charge in [0.25, 0.3) is 0 Å². The number of rotatable bonds is 2. The number of nitrogens with zero attached hydrogens (tertiary/aromatic N) is 2. The summed E-state index contributed by atoms with van der Waals surface area (Å²) in [5, 5.41) is 22.0. The van der Waals surface area contributed by atoms with Crippen LogP contribution in [0.3, 0.4) is 0 Å². The SMILES string of the molecule is O[C@@H]1CCCC[C@H]1Nc1nnc(Cl)c2c1CSC2. The number of hydrogen-bond donors (Lipinski definition) is 2. The molecule has 3 rings (SSSR count). The second kappa shape index (κ2) is 5.23. The fraction of sp³-hybridized carbons (Fsp3) is 0.667. The minimum atomic E-state index is -0.277. The lowest BCUT2D eigenvalue weighted by atomic mass is 9.92. The van der Waals surface area contributed by atoms with Crippen molar-refractivity contribution in [3.8, 4) is 0 Å². The van der Waals surface area contributed by atoms with E-state index in [1.165, 1.54) is 0 Å². The molecule has 1 aromatic rings. The van der Waals surface area contributed by atoms with Gasteiger partial charge in [-0.1, -0.05) is 24.4 Å². The van der Waals surface area contributed by atoms with Crippen LogP contribution in [0, 0.1) is 0 Å². The number of thioether (sulfide) groups is 1. The van der Waals surface area contributed by atoms with Gasteiger partial charge >= 0.3 is 0 Å². The first-order valence-electron chi connectivity index (χ1n) is 6.32. The zero-order chi connectivity index (χ0) is 12.5. The smallest absolute Gasteiger partial charge is 0.156 e. The Morgan fingerprint density at radius 2 is 1.94 bits per heavy atom. The second-order valence-corrected chi connectivity index (χ2v) is 6.24. The third-order valence-electron chi connectivity index (χ3n) is 3.68. The second-order valence-electron chi connectivity index (χ2n) is 4.89. The number of hydrogen-bond acceptors (Lipinski definition) is 5. The predicted molar refractivity (Wildman–Crippen MR) is 73.9 cm³/mol. The Labute approximate surface area is 116 Å². The lowest BCUT2D eigenvalue weighted by Crippen LogP contribution is -2.37. The number of fused-ring (bicyclic) bond motifs is 1. The zero-order valence-electron chi connectivity index (χ0n) is 10.0. The van der Waals surface area contributed by atoms with Gasteiger partial charge < -0.3 is 10.4 Å². The molecule has 0 radical (unpaired) electrons. The molecule has 0 amide bonds. The van der Waals surface area contributed by atoms with Crippen molar-refractivity contribution in [1.29, 1.82) is 0 Å². The molecule has 98 valence electrons. The van der Waals surface area contributed by atoms with E-state index in [2.05, 4.69) is 15.5 Å². The topological polar surface area (TPSA) is 58.0 Å². The van der Waals surface area contributed by atoms with Crippen LogP contribution in [0.25, 0.3) is 0 Å². The van der Waals surface area contributed by atoms with Crippen molar-refractivity contribution < 1.29 is 5.11 Å². The van der Waals surface area contributed by atoms with E-state index in [0.717, 1.165) is 54.1 Å². The van der Waals surface area contributed by atoms with E-state index in [1.54, 1.807) is 0 Å². The summed E-state index contributed by atoms with van der Waals surface area (Å²) in [6.45, 7) is 0. The van der Waals surface area contributed by atoms with Crippen molar-refractivity contribution in [3.63, 3.8) is 0 Å². The van der Waals surface area contributed by atoms with E-state index in [9.17, 15) is 5.11 Å². The van der Waals surface area contributed by atoms with Gasteiger partial charge in [0.2, 0.25) is 0 Å². The Hall–Kier alpha value is -0.520. The van der Waals surface area contributed by atoms with Gasteiger partial charge in [-0.2, -0.15) is 11.8 Å². The molecule has 0 unspecified atom stereocenters. The molecule has 2 aliphatic rings. The van der Waals surface area contributed by atoms with Crippen LogP contribution in [0.15, 0.2) is 0 Å². The molecular weight excluding hydrogens is 270 g/mol. The molecule has 2 atom stereocenters. The van der Waals surface area contributed by atoms with Gasteiger partial charge in [0.15, 0.2) is 11.0 Å². The van der Waals surface area contributed by atoms with Gasteiger partial charge in [-0.05, 0) is 12.8 Å². The van der Waals surface area contributed by atoms with Crippen molar-refractivity contribution in [2.75, 3.05) is 5.32 Å². The summed E-state index contributed by atoms with van der Waals surface area (Å²) in [7, 11) is 0. The third kappa shape index (κ3) is 2.31. The van der Waals surface area contributed by atoms with Crippen LogP contribution in [-0.2, 0) is 11.5 Å².